The summed E-state index contributed by atoms with van der Waals surface area (Å²) in [5, 5.41) is 17.8. The maximum atomic E-state index is 11.7. The van der Waals surface area contributed by atoms with Crippen LogP contribution in [-0.2, 0) is 11.3 Å². The van der Waals surface area contributed by atoms with Gasteiger partial charge in [-0.2, -0.15) is 0 Å². The lowest BCUT2D eigenvalue weighted by Crippen LogP contribution is -2.40. The summed E-state index contributed by atoms with van der Waals surface area (Å²) in [7, 11) is 0. The Balaban J connectivity index is 2.01. The van der Waals surface area contributed by atoms with Gasteiger partial charge in [0.1, 0.15) is 0 Å². The van der Waals surface area contributed by atoms with Crippen LogP contribution in [0.5, 0.6) is 0 Å². The summed E-state index contributed by atoms with van der Waals surface area (Å²) in [6.07, 6.45) is 1.44. The molecule has 0 saturated carbocycles. The van der Waals surface area contributed by atoms with Gasteiger partial charge in [0.2, 0.25) is 0 Å². The maximum absolute atomic E-state index is 11.7. The highest BCUT2D eigenvalue weighted by Gasteiger charge is 2.24. The molecule has 0 aliphatic heterocycles. The fourth-order valence-corrected chi connectivity index (χ4v) is 1.91. The predicted molar refractivity (Wildman–Crippen MR) is 73.7 cm³/mol. The molecule has 0 unspecified atom stereocenters. The highest BCUT2D eigenvalue weighted by molar-refractivity contribution is 6.31. The molecular formula is C13H12ClN3O4. The SMILES string of the molecule is O=C(NCc1ccno1)N[C@@H](C(=O)O)c1ccccc1Cl. The van der Waals surface area contributed by atoms with Crippen LogP contribution in [0.2, 0.25) is 5.02 Å². The summed E-state index contributed by atoms with van der Waals surface area (Å²) in [5.74, 6) is -0.757. The van der Waals surface area contributed by atoms with Crippen molar-refractivity contribution in [2.24, 2.45) is 0 Å². The fraction of sp³-hybridized carbons (Fsp3) is 0.154. The molecule has 0 aliphatic rings. The van der Waals surface area contributed by atoms with Gasteiger partial charge in [0.05, 0.1) is 12.7 Å². The lowest BCUT2D eigenvalue weighted by atomic mass is 10.1. The van der Waals surface area contributed by atoms with E-state index in [1.54, 1.807) is 24.3 Å². The standard InChI is InChI=1S/C13H12ClN3O4/c14-10-4-2-1-3-9(10)11(12(18)19)17-13(20)15-7-8-5-6-16-21-8/h1-6,11H,7H2,(H,18,19)(H2,15,17,20)/t11-/m1/s1. The number of nitrogens with one attached hydrogen (secondary N) is 2. The van der Waals surface area contributed by atoms with Gasteiger partial charge in [-0.1, -0.05) is 35.0 Å². The minimum atomic E-state index is -1.24. The number of nitrogens with zero attached hydrogens (tertiary/aromatic N) is 1. The summed E-state index contributed by atoms with van der Waals surface area (Å²) in [5.41, 5.74) is 0.307. The molecule has 0 radical (unpaired) electrons. The van der Waals surface area contributed by atoms with Crippen molar-refractivity contribution in [2.45, 2.75) is 12.6 Å². The number of urea groups is 1. The lowest BCUT2D eigenvalue weighted by Gasteiger charge is -2.16. The molecule has 0 saturated heterocycles. The zero-order chi connectivity index (χ0) is 15.2. The second-order valence-electron chi connectivity index (χ2n) is 4.10. The Kier molecular flexibility index (Phi) is 4.78. The molecule has 3 N–H and O–H groups in total. The number of carboxylic acids is 1. The number of benzene rings is 1. The number of aromatic nitrogens is 1. The summed E-state index contributed by atoms with van der Waals surface area (Å²) in [4.78, 5) is 23.0. The molecule has 0 bridgehead atoms. The van der Waals surface area contributed by atoms with E-state index in [4.69, 9.17) is 16.1 Å². The molecule has 0 spiro atoms. The van der Waals surface area contributed by atoms with E-state index in [9.17, 15) is 14.7 Å². The van der Waals surface area contributed by atoms with Crippen LogP contribution in [0.15, 0.2) is 41.1 Å². The third kappa shape index (κ3) is 3.96. The number of halogens is 1. The van der Waals surface area contributed by atoms with Crippen molar-refractivity contribution in [3.05, 3.63) is 52.9 Å². The first-order chi connectivity index (χ1) is 10.1. The van der Waals surface area contributed by atoms with E-state index >= 15 is 0 Å². The van der Waals surface area contributed by atoms with E-state index in [2.05, 4.69) is 15.8 Å². The third-order valence-electron chi connectivity index (χ3n) is 2.65. The monoisotopic (exact) mass is 309 g/mol. The molecule has 2 aromatic rings. The van der Waals surface area contributed by atoms with Crippen molar-refractivity contribution < 1.29 is 19.2 Å². The van der Waals surface area contributed by atoms with Crippen LogP contribution in [0.1, 0.15) is 17.4 Å². The van der Waals surface area contributed by atoms with E-state index in [1.165, 1.54) is 12.3 Å². The number of rotatable bonds is 5. The molecule has 7 nitrogen and oxygen atoms in total. The lowest BCUT2D eigenvalue weighted by molar-refractivity contribution is -0.139. The molecule has 2 amide bonds. The molecule has 110 valence electrons. The van der Waals surface area contributed by atoms with Crippen molar-refractivity contribution in [3.63, 3.8) is 0 Å². The zero-order valence-electron chi connectivity index (χ0n) is 10.7. The van der Waals surface area contributed by atoms with Crippen LogP contribution in [0.25, 0.3) is 0 Å². The molecular weight excluding hydrogens is 298 g/mol. The molecule has 0 fully saturated rings. The minimum Gasteiger partial charge on any atom is -0.479 e. The molecule has 0 aliphatic carbocycles. The quantitative estimate of drug-likeness (QED) is 0.783. The number of hydrogen-bond acceptors (Lipinski definition) is 4. The van der Waals surface area contributed by atoms with Crippen LogP contribution in [0, 0.1) is 0 Å². The number of carboxylic acid groups (broad SMARTS) is 1. The summed E-state index contributed by atoms with van der Waals surface area (Å²) < 4.78 is 4.81. The first-order valence-electron chi connectivity index (χ1n) is 5.99. The number of carbonyl (C=O) groups is 2. The fourth-order valence-electron chi connectivity index (χ4n) is 1.66. The van der Waals surface area contributed by atoms with Crippen LogP contribution in [0.3, 0.4) is 0 Å². The van der Waals surface area contributed by atoms with E-state index in [0.29, 0.717) is 11.3 Å². The van der Waals surface area contributed by atoms with Crippen molar-refractivity contribution in [3.8, 4) is 0 Å². The minimum absolute atomic E-state index is 0.0979. The van der Waals surface area contributed by atoms with E-state index in [-0.39, 0.29) is 11.6 Å². The van der Waals surface area contributed by atoms with Crippen molar-refractivity contribution >= 4 is 23.6 Å². The molecule has 1 aromatic heterocycles. The van der Waals surface area contributed by atoms with Gasteiger partial charge in [0.15, 0.2) is 11.8 Å². The second-order valence-corrected chi connectivity index (χ2v) is 4.51. The van der Waals surface area contributed by atoms with Gasteiger partial charge in [0, 0.05) is 16.7 Å². The topological polar surface area (TPSA) is 104 Å². The van der Waals surface area contributed by atoms with Crippen LogP contribution >= 0.6 is 11.6 Å². The number of aliphatic carboxylic acids is 1. The molecule has 8 heteroatoms. The van der Waals surface area contributed by atoms with Crippen molar-refractivity contribution in [1.29, 1.82) is 0 Å². The average Bonchev–Trinajstić information content (AvgIpc) is 2.96. The first-order valence-corrected chi connectivity index (χ1v) is 6.37. The number of hydrogen-bond donors (Lipinski definition) is 3. The zero-order valence-corrected chi connectivity index (χ0v) is 11.5. The molecule has 21 heavy (non-hydrogen) atoms. The third-order valence-corrected chi connectivity index (χ3v) is 3.00. The van der Waals surface area contributed by atoms with E-state index in [1.807, 2.05) is 0 Å². The van der Waals surface area contributed by atoms with Gasteiger partial charge in [-0.15, -0.1) is 0 Å². The van der Waals surface area contributed by atoms with Gasteiger partial charge >= 0.3 is 12.0 Å². The summed E-state index contributed by atoms with van der Waals surface area (Å²) >= 11 is 5.95. The van der Waals surface area contributed by atoms with Gasteiger partial charge in [0.25, 0.3) is 0 Å². The normalized spacial score (nSPS) is 11.7. The Bertz CT molecular complexity index is 630. The number of amides is 2. The molecule has 1 aromatic carbocycles. The summed E-state index contributed by atoms with van der Waals surface area (Å²) in [6, 6.07) is 6.11. The Morgan fingerprint density at radius 1 is 1.33 bits per heavy atom. The van der Waals surface area contributed by atoms with E-state index < -0.39 is 18.0 Å². The molecule has 2 rings (SSSR count). The highest BCUT2D eigenvalue weighted by Crippen LogP contribution is 2.22. The second kappa shape index (κ2) is 6.76. The Morgan fingerprint density at radius 2 is 2.10 bits per heavy atom. The van der Waals surface area contributed by atoms with Gasteiger partial charge in [-0.05, 0) is 6.07 Å². The smallest absolute Gasteiger partial charge is 0.331 e. The largest absolute Gasteiger partial charge is 0.479 e. The van der Waals surface area contributed by atoms with Crippen LogP contribution in [-0.4, -0.2) is 22.3 Å². The summed E-state index contributed by atoms with van der Waals surface area (Å²) in [6.45, 7) is 0.0979. The predicted octanol–water partition coefficient (Wildman–Crippen LogP) is 1.95. The maximum Gasteiger partial charge on any atom is 0.331 e. The van der Waals surface area contributed by atoms with Gasteiger partial charge in [-0.25, -0.2) is 9.59 Å². The molecule has 1 heterocycles. The van der Waals surface area contributed by atoms with Crippen LogP contribution in [0.4, 0.5) is 4.79 Å². The Hall–Kier alpha value is -2.54. The number of carbonyl (C=O) groups excluding carboxylic acids is 1. The average molecular weight is 310 g/mol. The van der Waals surface area contributed by atoms with Gasteiger partial charge in [-0.3, -0.25) is 0 Å². The highest BCUT2D eigenvalue weighted by atomic mass is 35.5. The Labute approximate surface area is 124 Å². The van der Waals surface area contributed by atoms with Crippen LogP contribution < -0.4 is 10.6 Å². The van der Waals surface area contributed by atoms with E-state index in [0.717, 1.165) is 0 Å². The van der Waals surface area contributed by atoms with Crippen molar-refractivity contribution in [1.82, 2.24) is 15.8 Å². The molecule has 1 atom stereocenters. The van der Waals surface area contributed by atoms with Crippen molar-refractivity contribution in [2.75, 3.05) is 0 Å². The first kappa shape index (κ1) is 14.9. The Morgan fingerprint density at radius 3 is 2.71 bits per heavy atom. The van der Waals surface area contributed by atoms with Gasteiger partial charge < -0.3 is 20.3 Å².